The highest BCUT2D eigenvalue weighted by atomic mass is 79.9. The van der Waals surface area contributed by atoms with Crippen molar-refractivity contribution in [3.63, 3.8) is 0 Å². The molecule has 0 N–H and O–H groups in total. The molecule has 0 aromatic carbocycles. The zero-order valence-electron chi connectivity index (χ0n) is 9.52. The van der Waals surface area contributed by atoms with E-state index in [1.807, 2.05) is 0 Å². The summed E-state index contributed by atoms with van der Waals surface area (Å²) in [5.74, 6) is 0.692. The van der Waals surface area contributed by atoms with Crippen LogP contribution in [0.3, 0.4) is 0 Å². The zero-order chi connectivity index (χ0) is 10.8. The van der Waals surface area contributed by atoms with Crippen molar-refractivity contribution >= 4 is 15.9 Å². The molecule has 1 heterocycles. The monoisotopic (exact) mass is 267 g/mol. The van der Waals surface area contributed by atoms with Gasteiger partial charge < -0.3 is 0 Å². The van der Waals surface area contributed by atoms with Crippen molar-refractivity contribution < 1.29 is 0 Å². The van der Waals surface area contributed by atoms with Crippen molar-refractivity contribution in [1.82, 2.24) is 4.98 Å². The van der Waals surface area contributed by atoms with Gasteiger partial charge >= 0.3 is 0 Å². The van der Waals surface area contributed by atoms with Crippen molar-refractivity contribution in [2.75, 3.05) is 0 Å². The summed E-state index contributed by atoms with van der Waals surface area (Å²) in [6.45, 7) is 4.52. The molecule has 0 saturated heterocycles. The lowest BCUT2D eigenvalue weighted by atomic mass is 9.89. The van der Waals surface area contributed by atoms with Crippen LogP contribution in [0, 0.1) is 5.92 Å². The molecule has 1 nitrogen and oxygen atoms in total. The van der Waals surface area contributed by atoms with Crippen LogP contribution in [0.4, 0.5) is 0 Å². The van der Waals surface area contributed by atoms with Crippen LogP contribution in [-0.4, -0.2) is 4.98 Å². The molecule has 1 aliphatic carbocycles. The van der Waals surface area contributed by atoms with E-state index in [0.29, 0.717) is 5.92 Å². The largest absolute Gasteiger partial charge is 0.246 e. The van der Waals surface area contributed by atoms with Crippen molar-refractivity contribution in [3.8, 4) is 0 Å². The Hall–Kier alpha value is -0.370. The molecular formula is C13H18BrN. The number of halogens is 1. The molecule has 2 heteroatoms. The molecule has 0 spiro atoms. The van der Waals surface area contributed by atoms with E-state index in [2.05, 4.69) is 40.8 Å². The highest BCUT2D eigenvalue weighted by molar-refractivity contribution is 9.10. The highest BCUT2D eigenvalue weighted by Gasteiger charge is 2.16. The number of nitrogens with zero attached hydrogens (tertiary/aromatic N) is 1. The smallest absolute Gasteiger partial charge is 0.106 e. The highest BCUT2D eigenvalue weighted by Crippen LogP contribution is 2.27. The SMILES string of the molecule is CC(C)Cc1nc(Br)cc2c1CCCC2. The second kappa shape index (κ2) is 4.65. The molecule has 0 unspecified atom stereocenters. The molecule has 82 valence electrons. The summed E-state index contributed by atoms with van der Waals surface area (Å²) in [7, 11) is 0. The molecule has 1 aromatic heterocycles. The minimum atomic E-state index is 0.692. The second-order valence-corrected chi connectivity index (χ2v) is 5.65. The summed E-state index contributed by atoms with van der Waals surface area (Å²) >= 11 is 3.52. The van der Waals surface area contributed by atoms with Crippen molar-refractivity contribution in [1.29, 1.82) is 0 Å². The van der Waals surface area contributed by atoms with Crippen LogP contribution in [0.5, 0.6) is 0 Å². The minimum absolute atomic E-state index is 0.692. The molecule has 2 rings (SSSR count). The fourth-order valence-corrected chi connectivity index (χ4v) is 2.84. The van der Waals surface area contributed by atoms with E-state index in [1.54, 1.807) is 0 Å². The lowest BCUT2D eigenvalue weighted by Gasteiger charge is -2.20. The van der Waals surface area contributed by atoms with E-state index >= 15 is 0 Å². The van der Waals surface area contributed by atoms with Gasteiger partial charge in [0.2, 0.25) is 0 Å². The molecule has 0 bridgehead atoms. The Kier molecular flexibility index (Phi) is 3.45. The van der Waals surface area contributed by atoms with E-state index in [4.69, 9.17) is 0 Å². The average molecular weight is 268 g/mol. The zero-order valence-corrected chi connectivity index (χ0v) is 11.1. The Morgan fingerprint density at radius 2 is 2.07 bits per heavy atom. The fraction of sp³-hybridized carbons (Fsp3) is 0.615. The summed E-state index contributed by atoms with van der Waals surface area (Å²) in [6.07, 6.45) is 6.26. The van der Waals surface area contributed by atoms with Gasteiger partial charge in [-0.3, -0.25) is 0 Å². The van der Waals surface area contributed by atoms with Gasteiger partial charge in [-0.2, -0.15) is 0 Å². The molecule has 0 amide bonds. The first-order chi connectivity index (χ1) is 7.16. The topological polar surface area (TPSA) is 12.9 Å². The molecule has 0 fully saturated rings. The Morgan fingerprint density at radius 3 is 2.80 bits per heavy atom. The normalized spacial score (nSPS) is 15.5. The maximum Gasteiger partial charge on any atom is 0.106 e. The summed E-state index contributed by atoms with van der Waals surface area (Å²) in [5.41, 5.74) is 4.39. The number of fused-ring (bicyclic) bond motifs is 1. The third kappa shape index (κ3) is 2.60. The van der Waals surface area contributed by atoms with Crippen molar-refractivity contribution in [3.05, 3.63) is 27.5 Å². The van der Waals surface area contributed by atoms with Crippen LogP contribution in [0.15, 0.2) is 10.7 Å². The molecule has 1 aromatic rings. The number of hydrogen-bond acceptors (Lipinski definition) is 1. The van der Waals surface area contributed by atoms with Crippen LogP contribution in [-0.2, 0) is 19.3 Å². The predicted molar refractivity (Wildman–Crippen MR) is 67.1 cm³/mol. The Labute approximate surface area is 100 Å². The standard InChI is InChI=1S/C13H18BrN/c1-9(2)7-12-11-6-4-3-5-10(11)8-13(14)15-12/h8-9H,3-7H2,1-2H3. The lowest BCUT2D eigenvalue weighted by molar-refractivity contribution is 0.610. The van der Waals surface area contributed by atoms with Gasteiger partial charge in [0, 0.05) is 5.69 Å². The summed E-state index contributed by atoms with van der Waals surface area (Å²) < 4.78 is 1.01. The van der Waals surface area contributed by atoms with E-state index in [1.165, 1.54) is 42.5 Å². The quantitative estimate of drug-likeness (QED) is 0.741. The van der Waals surface area contributed by atoms with Crippen LogP contribution in [0.2, 0.25) is 0 Å². The second-order valence-electron chi connectivity index (χ2n) is 4.83. The number of hydrogen-bond donors (Lipinski definition) is 0. The fourth-order valence-electron chi connectivity index (χ4n) is 2.35. The molecule has 0 radical (unpaired) electrons. The van der Waals surface area contributed by atoms with Crippen molar-refractivity contribution in [2.24, 2.45) is 5.92 Å². The van der Waals surface area contributed by atoms with Crippen LogP contribution >= 0.6 is 15.9 Å². The molecule has 15 heavy (non-hydrogen) atoms. The molecule has 1 aliphatic rings. The van der Waals surface area contributed by atoms with Crippen molar-refractivity contribution in [2.45, 2.75) is 46.0 Å². The van der Waals surface area contributed by atoms with Gasteiger partial charge in [0.05, 0.1) is 0 Å². The first kappa shape index (κ1) is 11.1. The third-order valence-electron chi connectivity index (χ3n) is 3.00. The van der Waals surface area contributed by atoms with Crippen LogP contribution < -0.4 is 0 Å². The number of aromatic nitrogens is 1. The van der Waals surface area contributed by atoms with Gasteiger partial charge in [-0.05, 0) is 71.1 Å². The summed E-state index contributed by atoms with van der Waals surface area (Å²) in [6, 6.07) is 2.21. The van der Waals surface area contributed by atoms with Gasteiger partial charge in [-0.15, -0.1) is 0 Å². The minimum Gasteiger partial charge on any atom is -0.246 e. The predicted octanol–water partition coefficient (Wildman–Crippen LogP) is 3.92. The molecular weight excluding hydrogens is 250 g/mol. The van der Waals surface area contributed by atoms with E-state index in [0.717, 1.165) is 11.0 Å². The average Bonchev–Trinajstić information content (AvgIpc) is 2.16. The third-order valence-corrected chi connectivity index (χ3v) is 3.40. The maximum atomic E-state index is 4.64. The number of aryl methyl sites for hydroxylation is 1. The molecule has 0 atom stereocenters. The number of rotatable bonds is 2. The first-order valence-electron chi connectivity index (χ1n) is 5.84. The summed E-state index contributed by atoms with van der Waals surface area (Å²) in [5, 5.41) is 0. The molecule has 0 aliphatic heterocycles. The van der Waals surface area contributed by atoms with E-state index in [-0.39, 0.29) is 0 Å². The van der Waals surface area contributed by atoms with Crippen LogP contribution in [0.25, 0.3) is 0 Å². The Morgan fingerprint density at radius 1 is 1.33 bits per heavy atom. The van der Waals surface area contributed by atoms with Crippen LogP contribution in [0.1, 0.15) is 43.5 Å². The lowest BCUT2D eigenvalue weighted by Crippen LogP contribution is -2.10. The van der Waals surface area contributed by atoms with E-state index in [9.17, 15) is 0 Å². The van der Waals surface area contributed by atoms with E-state index < -0.39 is 0 Å². The van der Waals surface area contributed by atoms with Gasteiger partial charge in [-0.1, -0.05) is 13.8 Å². The van der Waals surface area contributed by atoms with Gasteiger partial charge in [0.25, 0.3) is 0 Å². The van der Waals surface area contributed by atoms with Gasteiger partial charge in [0.1, 0.15) is 4.60 Å². The first-order valence-corrected chi connectivity index (χ1v) is 6.63. The number of pyridine rings is 1. The summed E-state index contributed by atoms with van der Waals surface area (Å²) in [4.78, 5) is 4.64. The maximum absolute atomic E-state index is 4.64. The van der Waals surface area contributed by atoms with Gasteiger partial charge in [0.15, 0.2) is 0 Å². The Bertz CT molecular complexity index is 358. The Balaban J connectivity index is 2.38. The molecule has 0 saturated carbocycles. The van der Waals surface area contributed by atoms with Gasteiger partial charge in [-0.25, -0.2) is 4.98 Å².